The molecule has 1 aliphatic rings. The van der Waals surface area contributed by atoms with E-state index in [9.17, 15) is 23.5 Å². The normalized spacial score (nSPS) is 21.1. The monoisotopic (exact) mass is 573 g/mol. The third kappa shape index (κ3) is 11.9. The first kappa shape index (κ1) is 33.7. The first-order chi connectivity index (χ1) is 19.8. The number of rotatable bonds is 17. The van der Waals surface area contributed by atoms with E-state index in [2.05, 4.69) is 71.9 Å². The van der Waals surface area contributed by atoms with Gasteiger partial charge in [-0.25, -0.2) is 4.79 Å². The molecule has 1 saturated heterocycles. The minimum absolute atomic E-state index is 0.0837. The van der Waals surface area contributed by atoms with Crippen molar-refractivity contribution in [2.24, 2.45) is 0 Å². The molecular formula is C31H41F2N3O5. The Bertz CT molecular complexity index is 1170. The highest BCUT2D eigenvalue weighted by Crippen LogP contribution is 2.41. The van der Waals surface area contributed by atoms with Gasteiger partial charge in [0.1, 0.15) is 11.9 Å². The molecule has 0 aromatic carbocycles. The van der Waals surface area contributed by atoms with Crippen molar-refractivity contribution in [3.05, 3.63) is 95.7 Å². The van der Waals surface area contributed by atoms with Gasteiger partial charge >= 0.3 is 11.6 Å². The first-order valence-corrected chi connectivity index (χ1v) is 13.9. The second kappa shape index (κ2) is 18.8. The number of hydrogen-bond donors (Lipinski definition) is 3. The standard InChI is InChI=1S/C31H41F2N3O5/c1-2-3-4-5-6-7-8-9-10-11-12-13-14-15-16-17-18-19-20-21-27(38)34-26-22-23-36(30(40)35-26)29-31(32,33)28(39)25(24-37)41-29/h3-4,6-7,9-10,12-13,15-16,18-19,22-23,25,28-29,37,39H,2,5,8,11,14,17,20-21,24H2,1H3,(H,34,35,38,40). The van der Waals surface area contributed by atoms with Crippen LogP contribution in [0.2, 0.25) is 0 Å². The van der Waals surface area contributed by atoms with E-state index in [1.54, 1.807) is 0 Å². The van der Waals surface area contributed by atoms with Crippen LogP contribution < -0.4 is 11.0 Å². The SMILES string of the molecule is CCC=CCC=CCC=CCC=CCC=CCC=CCCC(=O)Nc1ccn(C2OC(CO)C(O)C2(F)F)c(=O)n1. The molecular weight excluding hydrogens is 532 g/mol. The van der Waals surface area contributed by atoms with Gasteiger partial charge in [-0.1, -0.05) is 79.8 Å². The zero-order chi connectivity index (χ0) is 29.9. The quantitative estimate of drug-likeness (QED) is 0.211. The van der Waals surface area contributed by atoms with E-state index in [4.69, 9.17) is 9.84 Å². The number of amides is 1. The van der Waals surface area contributed by atoms with Crippen LogP contribution in [-0.4, -0.2) is 50.4 Å². The number of halogens is 2. The van der Waals surface area contributed by atoms with Crippen molar-refractivity contribution in [1.29, 1.82) is 0 Å². The average Bonchev–Trinajstić information content (AvgIpc) is 3.17. The number of carbonyl (C=O) groups is 1. The Morgan fingerprint density at radius 2 is 1.49 bits per heavy atom. The molecule has 2 rings (SSSR count). The van der Waals surface area contributed by atoms with Crippen LogP contribution in [0.15, 0.2) is 90.0 Å². The van der Waals surface area contributed by atoms with E-state index >= 15 is 0 Å². The summed E-state index contributed by atoms with van der Waals surface area (Å²) in [7, 11) is 0. The van der Waals surface area contributed by atoms with Crippen molar-refractivity contribution in [2.75, 3.05) is 11.9 Å². The lowest BCUT2D eigenvalue weighted by Gasteiger charge is -2.21. The molecule has 0 saturated carbocycles. The molecule has 1 aromatic heterocycles. The van der Waals surface area contributed by atoms with Gasteiger partial charge in [0.25, 0.3) is 0 Å². The van der Waals surface area contributed by atoms with E-state index in [1.165, 1.54) is 6.07 Å². The highest BCUT2D eigenvalue weighted by atomic mass is 19.3. The Labute approximate surface area is 240 Å². The summed E-state index contributed by atoms with van der Waals surface area (Å²) in [5, 5.41) is 21.2. The van der Waals surface area contributed by atoms with Crippen LogP contribution in [0.1, 0.15) is 64.5 Å². The maximum absolute atomic E-state index is 14.3. The molecule has 3 atom stereocenters. The van der Waals surface area contributed by atoms with Crippen LogP contribution in [0.4, 0.5) is 14.6 Å². The lowest BCUT2D eigenvalue weighted by molar-refractivity contribution is -0.141. The summed E-state index contributed by atoms with van der Waals surface area (Å²) < 4.78 is 34.0. The summed E-state index contributed by atoms with van der Waals surface area (Å²) in [6, 6.07) is 1.19. The molecule has 1 aromatic rings. The zero-order valence-corrected chi connectivity index (χ0v) is 23.4. The van der Waals surface area contributed by atoms with Crippen LogP contribution in [0.5, 0.6) is 0 Å². The predicted molar refractivity (Wildman–Crippen MR) is 157 cm³/mol. The minimum Gasteiger partial charge on any atom is -0.394 e. The van der Waals surface area contributed by atoms with Crippen molar-refractivity contribution < 1.29 is 28.5 Å². The molecule has 0 radical (unpaired) electrons. The molecule has 1 amide bonds. The van der Waals surface area contributed by atoms with E-state index in [0.717, 1.165) is 44.7 Å². The Balaban J connectivity index is 1.62. The lowest BCUT2D eigenvalue weighted by atomic mass is 10.1. The van der Waals surface area contributed by atoms with E-state index in [-0.39, 0.29) is 18.1 Å². The van der Waals surface area contributed by atoms with Crippen molar-refractivity contribution in [3.63, 3.8) is 0 Å². The van der Waals surface area contributed by atoms with Crippen LogP contribution in [0.25, 0.3) is 0 Å². The molecule has 0 bridgehead atoms. The smallest absolute Gasteiger partial charge is 0.351 e. The fourth-order valence-corrected chi connectivity index (χ4v) is 3.84. The summed E-state index contributed by atoms with van der Waals surface area (Å²) in [6.07, 6.45) is 26.5. The number of allylic oxidation sites excluding steroid dienone is 12. The van der Waals surface area contributed by atoms with Crippen molar-refractivity contribution >= 4 is 11.7 Å². The first-order valence-electron chi connectivity index (χ1n) is 13.9. The largest absolute Gasteiger partial charge is 0.394 e. The number of alkyl halides is 2. The second-order valence-corrected chi connectivity index (χ2v) is 9.33. The zero-order valence-electron chi connectivity index (χ0n) is 23.4. The van der Waals surface area contributed by atoms with Crippen molar-refractivity contribution in [2.45, 2.75) is 82.6 Å². The number of carbonyl (C=O) groups excluding carboxylic acids is 1. The van der Waals surface area contributed by atoms with Gasteiger partial charge in [0.2, 0.25) is 12.1 Å². The number of nitrogens with one attached hydrogen (secondary N) is 1. The third-order valence-corrected chi connectivity index (χ3v) is 6.04. The Hall–Kier alpha value is -3.47. The highest BCUT2D eigenvalue weighted by Gasteiger charge is 2.59. The maximum atomic E-state index is 14.3. The van der Waals surface area contributed by atoms with Crippen LogP contribution in [-0.2, 0) is 9.53 Å². The molecule has 0 spiro atoms. The van der Waals surface area contributed by atoms with Gasteiger partial charge < -0.3 is 20.3 Å². The van der Waals surface area contributed by atoms with Crippen molar-refractivity contribution in [1.82, 2.24) is 9.55 Å². The minimum atomic E-state index is -3.80. The lowest BCUT2D eigenvalue weighted by Crippen LogP contribution is -2.41. The van der Waals surface area contributed by atoms with E-state index in [1.807, 2.05) is 18.2 Å². The number of nitrogens with zero attached hydrogens (tertiary/aromatic N) is 2. The van der Waals surface area contributed by atoms with Gasteiger partial charge in [-0.2, -0.15) is 13.8 Å². The summed E-state index contributed by atoms with van der Waals surface area (Å²) in [5.41, 5.74) is -1.09. The number of anilines is 1. The molecule has 8 nitrogen and oxygen atoms in total. The fourth-order valence-electron chi connectivity index (χ4n) is 3.84. The molecule has 3 N–H and O–H groups in total. The molecule has 0 aliphatic carbocycles. The Morgan fingerprint density at radius 1 is 0.976 bits per heavy atom. The summed E-state index contributed by atoms with van der Waals surface area (Å²) in [6.45, 7) is 1.29. The van der Waals surface area contributed by atoms with E-state index < -0.39 is 36.7 Å². The maximum Gasteiger partial charge on any atom is 0.351 e. The van der Waals surface area contributed by atoms with Gasteiger partial charge in [0.05, 0.1) is 6.61 Å². The topological polar surface area (TPSA) is 114 Å². The number of aliphatic hydroxyl groups excluding tert-OH is 2. The van der Waals surface area contributed by atoms with Crippen LogP contribution >= 0.6 is 0 Å². The van der Waals surface area contributed by atoms with Gasteiger partial charge in [0, 0.05) is 12.6 Å². The van der Waals surface area contributed by atoms with Gasteiger partial charge in [-0.05, 0) is 51.0 Å². The van der Waals surface area contributed by atoms with E-state index in [0.29, 0.717) is 11.0 Å². The van der Waals surface area contributed by atoms with Crippen LogP contribution in [0, 0.1) is 0 Å². The Kier molecular flexibility index (Phi) is 15.5. The highest BCUT2D eigenvalue weighted by molar-refractivity contribution is 5.89. The summed E-state index contributed by atoms with van der Waals surface area (Å²) in [5.74, 6) is -4.27. The summed E-state index contributed by atoms with van der Waals surface area (Å²) in [4.78, 5) is 28.0. The number of aliphatic hydroxyl groups is 2. The molecule has 1 aliphatic heterocycles. The average molecular weight is 574 g/mol. The molecule has 41 heavy (non-hydrogen) atoms. The molecule has 10 heteroatoms. The molecule has 224 valence electrons. The van der Waals surface area contributed by atoms with Gasteiger partial charge in [-0.15, -0.1) is 0 Å². The molecule has 2 heterocycles. The number of aromatic nitrogens is 2. The fraction of sp³-hybridized carbons (Fsp3) is 0.452. The molecule has 1 fully saturated rings. The van der Waals surface area contributed by atoms with Crippen LogP contribution in [0.3, 0.4) is 0 Å². The number of ether oxygens (including phenoxy) is 1. The third-order valence-electron chi connectivity index (χ3n) is 6.04. The molecule has 3 unspecified atom stereocenters. The van der Waals surface area contributed by atoms with Gasteiger partial charge in [-0.3, -0.25) is 9.36 Å². The predicted octanol–water partition coefficient (Wildman–Crippen LogP) is 5.55. The van der Waals surface area contributed by atoms with Gasteiger partial charge in [0.15, 0.2) is 6.10 Å². The number of hydrogen-bond acceptors (Lipinski definition) is 6. The van der Waals surface area contributed by atoms with Crippen molar-refractivity contribution in [3.8, 4) is 0 Å². The second-order valence-electron chi connectivity index (χ2n) is 9.33. The Morgan fingerprint density at radius 3 is 1.95 bits per heavy atom. The summed E-state index contributed by atoms with van der Waals surface area (Å²) >= 11 is 0.